The summed E-state index contributed by atoms with van der Waals surface area (Å²) in [6.45, 7) is 4.45. The van der Waals surface area contributed by atoms with E-state index in [1.807, 2.05) is 30.5 Å². The van der Waals surface area contributed by atoms with E-state index in [9.17, 15) is 9.59 Å². The standard InChI is InChI=1S/C22H22ClN3O2/c1-3-7-19-21(22(28)25-18-10-5-4-9-17(18)23)20(27)12-15(2)26(19)14-16-8-6-11-24-13-16/h4-6,8-13H,3,7,14H2,1-2H3,(H,25,28). The number of pyridine rings is 2. The number of hydrogen-bond donors (Lipinski definition) is 1. The zero-order chi connectivity index (χ0) is 20.1. The molecule has 0 aliphatic carbocycles. The molecule has 28 heavy (non-hydrogen) atoms. The lowest BCUT2D eigenvalue weighted by Crippen LogP contribution is -2.28. The summed E-state index contributed by atoms with van der Waals surface area (Å²) in [5.41, 5.74) is 2.90. The summed E-state index contributed by atoms with van der Waals surface area (Å²) >= 11 is 6.16. The summed E-state index contributed by atoms with van der Waals surface area (Å²) < 4.78 is 2.02. The van der Waals surface area contributed by atoms with Gasteiger partial charge in [0.1, 0.15) is 5.56 Å². The van der Waals surface area contributed by atoms with Crippen LogP contribution in [0.15, 0.2) is 59.7 Å². The molecule has 0 aliphatic heterocycles. The number of nitrogens with zero attached hydrogens (tertiary/aromatic N) is 2. The second-order valence-corrected chi connectivity index (χ2v) is 7.01. The number of rotatable bonds is 6. The number of aryl methyl sites for hydroxylation is 1. The number of para-hydroxylation sites is 1. The minimum atomic E-state index is -0.443. The third kappa shape index (κ3) is 4.31. The normalized spacial score (nSPS) is 10.7. The molecule has 0 aliphatic rings. The van der Waals surface area contributed by atoms with Gasteiger partial charge in [0.2, 0.25) is 0 Å². The van der Waals surface area contributed by atoms with Crippen molar-refractivity contribution in [3.63, 3.8) is 0 Å². The zero-order valence-electron chi connectivity index (χ0n) is 15.9. The maximum absolute atomic E-state index is 13.0. The van der Waals surface area contributed by atoms with Crippen LogP contribution in [0.3, 0.4) is 0 Å². The smallest absolute Gasteiger partial charge is 0.261 e. The fourth-order valence-electron chi connectivity index (χ4n) is 3.21. The molecule has 0 atom stereocenters. The highest BCUT2D eigenvalue weighted by Crippen LogP contribution is 2.22. The van der Waals surface area contributed by atoms with E-state index in [0.29, 0.717) is 23.7 Å². The molecular weight excluding hydrogens is 374 g/mol. The summed E-state index contributed by atoms with van der Waals surface area (Å²) in [6.07, 6.45) is 4.93. The highest BCUT2D eigenvalue weighted by atomic mass is 35.5. The van der Waals surface area contributed by atoms with Crippen molar-refractivity contribution in [2.45, 2.75) is 33.2 Å². The van der Waals surface area contributed by atoms with E-state index in [1.165, 1.54) is 6.07 Å². The van der Waals surface area contributed by atoms with Gasteiger partial charge in [-0.25, -0.2) is 0 Å². The first kappa shape index (κ1) is 19.8. The second kappa shape index (κ2) is 8.85. The van der Waals surface area contributed by atoms with Gasteiger partial charge in [-0.1, -0.05) is 43.1 Å². The van der Waals surface area contributed by atoms with Crippen LogP contribution in [-0.4, -0.2) is 15.5 Å². The third-order valence-electron chi connectivity index (χ3n) is 4.53. The average Bonchev–Trinajstić information content (AvgIpc) is 2.67. The number of halogens is 1. The quantitative estimate of drug-likeness (QED) is 0.670. The van der Waals surface area contributed by atoms with Crippen molar-refractivity contribution in [2.24, 2.45) is 0 Å². The van der Waals surface area contributed by atoms with Gasteiger partial charge in [-0.05, 0) is 37.1 Å². The van der Waals surface area contributed by atoms with E-state index in [2.05, 4.69) is 10.3 Å². The molecule has 0 fully saturated rings. The molecule has 0 saturated carbocycles. The van der Waals surface area contributed by atoms with Crippen molar-refractivity contribution in [1.29, 1.82) is 0 Å². The van der Waals surface area contributed by atoms with Gasteiger partial charge in [0.25, 0.3) is 5.91 Å². The van der Waals surface area contributed by atoms with E-state index < -0.39 is 5.91 Å². The Labute approximate surface area is 169 Å². The zero-order valence-corrected chi connectivity index (χ0v) is 16.7. The molecule has 2 heterocycles. The third-order valence-corrected chi connectivity index (χ3v) is 4.86. The van der Waals surface area contributed by atoms with Gasteiger partial charge in [-0.3, -0.25) is 14.6 Å². The van der Waals surface area contributed by atoms with Gasteiger partial charge in [0, 0.05) is 36.4 Å². The maximum atomic E-state index is 13.0. The second-order valence-electron chi connectivity index (χ2n) is 6.60. The van der Waals surface area contributed by atoms with Crippen LogP contribution in [0.25, 0.3) is 0 Å². The molecule has 0 unspecified atom stereocenters. The maximum Gasteiger partial charge on any atom is 0.261 e. The Balaban J connectivity index is 2.07. The van der Waals surface area contributed by atoms with Crippen molar-refractivity contribution >= 4 is 23.2 Å². The predicted molar refractivity (Wildman–Crippen MR) is 112 cm³/mol. The van der Waals surface area contributed by atoms with Crippen LogP contribution in [0.5, 0.6) is 0 Å². The molecule has 0 spiro atoms. The number of nitrogens with one attached hydrogen (secondary N) is 1. The van der Waals surface area contributed by atoms with Gasteiger partial charge >= 0.3 is 0 Å². The Morgan fingerprint density at radius 2 is 2.00 bits per heavy atom. The van der Waals surface area contributed by atoms with Crippen molar-refractivity contribution < 1.29 is 4.79 Å². The Morgan fingerprint density at radius 1 is 1.21 bits per heavy atom. The van der Waals surface area contributed by atoms with Gasteiger partial charge in [0.05, 0.1) is 10.7 Å². The molecule has 1 amide bonds. The van der Waals surface area contributed by atoms with Crippen LogP contribution < -0.4 is 10.7 Å². The number of hydrogen-bond acceptors (Lipinski definition) is 3. The fourth-order valence-corrected chi connectivity index (χ4v) is 3.39. The highest BCUT2D eigenvalue weighted by Gasteiger charge is 2.20. The van der Waals surface area contributed by atoms with Crippen LogP contribution in [0.1, 0.15) is 40.7 Å². The number of carbonyl (C=O) groups is 1. The van der Waals surface area contributed by atoms with Crippen molar-refractivity contribution in [3.8, 4) is 0 Å². The van der Waals surface area contributed by atoms with E-state index in [-0.39, 0.29) is 11.0 Å². The first-order chi connectivity index (χ1) is 13.5. The average molecular weight is 396 g/mol. The van der Waals surface area contributed by atoms with Crippen LogP contribution in [0.4, 0.5) is 5.69 Å². The minimum absolute atomic E-state index is 0.163. The Morgan fingerprint density at radius 3 is 2.68 bits per heavy atom. The van der Waals surface area contributed by atoms with Crippen molar-refractivity contribution in [1.82, 2.24) is 9.55 Å². The van der Waals surface area contributed by atoms with E-state index in [4.69, 9.17) is 11.6 Å². The summed E-state index contributed by atoms with van der Waals surface area (Å²) in [5.74, 6) is -0.443. The van der Waals surface area contributed by atoms with E-state index in [0.717, 1.165) is 23.4 Å². The van der Waals surface area contributed by atoms with E-state index in [1.54, 1.807) is 36.7 Å². The molecule has 1 aromatic carbocycles. The molecule has 0 saturated heterocycles. The largest absolute Gasteiger partial charge is 0.343 e. The number of aromatic nitrogens is 2. The Hall–Kier alpha value is -2.92. The topological polar surface area (TPSA) is 64.0 Å². The van der Waals surface area contributed by atoms with Crippen LogP contribution in [0.2, 0.25) is 5.02 Å². The molecular formula is C22H22ClN3O2. The van der Waals surface area contributed by atoms with Crippen LogP contribution in [0, 0.1) is 6.92 Å². The van der Waals surface area contributed by atoms with Crippen molar-refractivity contribution in [3.05, 3.63) is 92.6 Å². The lowest BCUT2D eigenvalue weighted by Gasteiger charge is -2.20. The number of benzene rings is 1. The number of anilines is 1. The summed E-state index contributed by atoms with van der Waals surface area (Å²) in [7, 11) is 0. The van der Waals surface area contributed by atoms with Crippen LogP contribution in [-0.2, 0) is 13.0 Å². The first-order valence-electron chi connectivity index (χ1n) is 9.19. The molecule has 5 nitrogen and oxygen atoms in total. The fraction of sp³-hybridized carbons (Fsp3) is 0.227. The molecule has 1 N–H and O–H groups in total. The minimum Gasteiger partial charge on any atom is -0.343 e. The van der Waals surface area contributed by atoms with Gasteiger partial charge in [0.15, 0.2) is 5.43 Å². The number of carbonyl (C=O) groups excluding carboxylic acids is 1. The summed E-state index contributed by atoms with van der Waals surface area (Å²) in [6, 6.07) is 12.3. The number of amides is 1. The summed E-state index contributed by atoms with van der Waals surface area (Å²) in [4.78, 5) is 29.9. The highest BCUT2D eigenvalue weighted by molar-refractivity contribution is 6.33. The molecule has 3 rings (SSSR count). The lowest BCUT2D eigenvalue weighted by atomic mass is 10.1. The van der Waals surface area contributed by atoms with Gasteiger partial charge in [-0.2, -0.15) is 0 Å². The van der Waals surface area contributed by atoms with E-state index >= 15 is 0 Å². The molecule has 0 bridgehead atoms. The predicted octanol–water partition coefficient (Wildman–Crippen LogP) is 4.46. The SMILES string of the molecule is CCCc1c(C(=O)Nc2ccccc2Cl)c(=O)cc(C)n1Cc1cccnc1. The van der Waals surface area contributed by atoms with Gasteiger partial charge < -0.3 is 9.88 Å². The Kier molecular flexibility index (Phi) is 6.26. The molecule has 2 aromatic heterocycles. The lowest BCUT2D eigenvalue weighted by molar-refractivity contribution is 0.102. The first-order valence-corrected chi connectivity index (χ1v) is 9.57. The molecule has 0 radical (unpaired) electrons. The van der Waals surface area contributed by atoms with Crippen molar-refractivity contribution in [2.75, 3.05) is 5.32 Å². The molecule has 3 aromatic rings. The molecule has 144 valence electrons. The monoisotopic (exact) mass is 395 g/mol. The summed E-state index contributed by atoms with van der Waals surface area (Å²) in [5, 5.41) is 3.21. The Bertz CT molecular complexity index is 1050. The molecule has 6 heteroatoms. The van der Waals surface area contributed by atoms with Gasteiger partial charge in [-0.15, -0.1) is 0 Å². The van der Waals surface area contributed by atoms with Crippen LogP contribution >= 0.6 is 11.6 Å².